The van der Waals surface area contributed by atoms with Crippen LogP contribution in [0.15, 0.2) is 62.3 Å². The van der Waals surface area contributed by atoms with Crippen molar-refractivity contribution in [2.75, 3.05) is 4.90 Å². The van der Waals surface area contributed by atoms with Crippen LogP contribution in [0.5, 0.6) is 5.75 Å². The number of ether oxygens (including phenoxy) is 1. The van der Waals surface area contributed by atoms with Gasteiger partial charge in [0, 0.05) is 11.1 Å². The van der Waals surface area contributed by atoms with Gasteiger partial charge < -0.3 is 13.7 Å². The fourth-order valence-electron chi connectivity index (χ4n) is 3.99. The number of carbonyl (C=O) groups excluding carboxylic acids is 1. The number of carbonyl (C=O) groups is 1. The molecule has 0 radical (unpaired) electrons. The van der Waals surface area contributed by atoms with E-state index in [0.717, 1.165) is 0 Å². The van der Waals surface area contributed by atoms with E-state index in [1.165, 1.54) is 4.90 Å². The first kappa shape index (κ1) is 20.3. The number of aryl methyl sites for hydroxylation is 1. The number of amides is 1. The summed E-state index contributed by atoms with van der Waals surface area (Å²) in [5.41, 5.74) is 0.886. The normalized spacial score (nSPS) is 15.6. The van der Waals surface area contributed by atoms with Crippen LogP contribution in [0.3, 0.4) is 0 Å². The molecular weight excluding hydrogens is 432 g/mol. The summed E-state index contributed by atoms with van der Waals surface area (Å²) < 4.78 is 17.0. The van der Waals surface area contributed by atoms with Crippen molar-refractivity contribution in [1.82, 2.24) is 5.16 Å². The molecule has 0 aliphatic carbocycles. The summed E-state index contributed by atoms with van der Waals surface area (Å²) in [6, 6.07) is 12.9. The lowest BCUT2D eigenvalue weighted by Gasteiger charge is -2.23. The van der Waals surface area contributed by atoms with E-state index >= 15 is 0 Å². The summed E-state index contributed by atoms with van der Waals surface area (Å²) in [6.07, 6.45) is -0.0341. The molecule has 4 aromatic rings. The lowest BCUT2D eigenvalue weighted by molar-refractivity contribution is 0.0969. The molecule has 5 rings (SSSR count). The molecule has 0 spiro atoms. The molecule has 1 aliphatic rings. The van der Waals surface area contributed by atoms with Crippen molar-refractivity contribution < 1.29 is 18.5 Å². The number of anilines is 1. The van der Waals surface area contributed by atoms with E-state index in [2.05, 4.69) is 5.16 Å². The summed E-state index contributed by atoms with van der Waals surface area (Å²) in [5, 5.41) is 4.74. The van der Waals surface area contributed by atoms with Crippen LogP contribution < -0.4 is 15.1 Å². The Labute approximate surface area is 188 Å². The monoisotopic (exact) mass is 450 g/mol. The highest BCUT2D eigenvalue weighted by Gasteiger charge is 2.45. The van der Waals surface area contributed by atoms with E-state index in [4.69, 9.17) is 25.3 Å². The van der Waals surface area contributed by atoms with Gasteiger partial charge in [0.25, 0.3) is 5.91 Å². The first-order valence-corrected chi connectivity index (χ1v) is 10.5. The lowest BCUT2D eigenvalue weighted by atomic mass is 9.98. The van der Waals surface area contributed by atoms with E-state index in [1.807, 2.05) is 38.1 Å². The molecule has 0 unspecified atom stereocenters. The van der Waals surface area contributed by atoms with Gasteiger partial charge in [-0.3, -0.25) is 14.5 Å². The van der Waals surface area contributed by atoms with Crippen molar-refractivity contribution in [3.05, 3.63) is 86.4 Å². The van der Waals surface area contributed by atoms with Gasteiger partial charge in [0.05, 0.1) is 23.1 Å². The zero-order valence-electron chi connectivity index (χ0n) is 17.6. The Hall–Kier alpha value is -3.58. The molecule has 1 aliphatic heterocycles. The highest BCUT2D eigenvalue weighted by atomic mass is 35.5. The van der Waals surface area contributed by atoms with Crippen molar-refractivity contribution >= 4 is 34.3 Å². The van der Waals surface area contributed by atoms with Gasteiger partial charge in [-0.15, -0.1) is 0 Å². The topological polar surface area (TPSA) is 85.8 Å². The molecule has 7 nitrogen and oxygen atoms in total. The molecule has 3 heterocycles. The molecule has 1 amide bonds. The van der Waals surface area contributed by atoms with Gasteiger partial charge in [-0.2, -0.15) is 0 Å². The SMILES string of the molecule is Cc1cc(N2C(=O)c3oc4ccc(Cl)cc4c(=O)c3[C@@H]2c2cccc(OC(C)C)c2)no1. The van der Waals surface area contributed by atoms with Crippen molar-refractivity contribution in [3.8, 4) is 5.75 Å². The molecule has 8 heteroatoms. The molecule has 0 saturated heterocycles. The van der Waals surface area contributed by atoms with Crippen LogP contribution >= 0.6 is 11.6 Å². The van der Waals surface area contributed by atoms with Crippen molar-refractivity contribution in [3.63, 3.8) is 0 Å². The fourth-order valence-corrected chi connectivity index (χ4v) is 4.17. The predicted octanol–water partition coefficient (Wildman–Crippen LogP) is 5.28. The van der Waals surface area contributed by atoms with Gasteiger partial charge in [0.15, 0.2) is 11.2 Å². The Kier molecular flexibility index (Phi) is 4.78. The maximum Gasteiger partial charge on any atom is 0.296 e. The Morgan fingerprint density at radius 1 is 1.12 bits per heavy atom. The Balaban J connectivity index is 1.78. The van der Waals surface area contributed by atoms with Crippen LogP contribution in [0.1, 0.15) is 47.3 Å². The Morgan fingerprint density at radius 2 is 1.94 bits per heavy atom. The average molecular weight is 451 g/mol. The van der Waals surface area contributed by atoms with Crippen molar-refractivity contribution in [2.45, 2.75) is 32.9 Å². The zero-order chi connectivity index (χ0) is 22.6. The van der Waals surface area contributed by atoms with Gasteiger partial charge in [0.2, 0.25) is 5.76 Å². The van der Waals surface area contributed by atoms with E-state index in [-0.39, 0.29) is 22.9 Å². The van der Waals surface area contributed by atoms with Crippen molar-refractivity contribution in [2.24, 2.45) is 0 Å². The first-order valence-electron chi connectivity index (χ1n) is 10.1. The molecule has 32 heavy (non-hydrogen) atoms. The van der Waals surface area contributed by atoms with Crippen LogP contribution in [-0.2, 0) is 0 Å². The number of hydrogen-bond acceptors (Lipinski definition) is 6. The smallest absolute Gasteiger partial charge is 0.296 e. The van der Waals surface area contributed by atoms with E-state index < -0.39 is 11.9 Å². The standard InChI is InChI=1S/C24H19ClN2O5/c1-12(2)30-16-6-4-5-14(10-16)21-20-22(28)17-11-15(25)7-8-18(17)31-23(20)24(29)27(21)19-9-13(3)32-26-19/h4-12,21H,1-3H3/t21-/m0/s1. The molecule has 0 fully saturated rings. The molecule has 162 valence electrons. The summed E-state index contributed by atoms with van der Waals surface area (Å²) in [7, 11) is 0. The van der Waals surface area contributed by atoms with E-state index in [0.29, 0.717) is 38.9 Å². The van der Waals surface area contributed by atoms with Crippen molar-refractivity contribution in [1.29, 1.82) is 0 Å². The summed E-state index contributed by atoms with van der Waals surface area (Å²) >= 11 is 6.12. The molecule has 0 bridgehead atoms. The van der Waals surface area contributed by atoms with Gasteiger partial charge in [0.1, 0.15) is 17.1 Å². The molecule has 1 atom stereocenters. The maximum atomic E-state index is 13.6. The van der Waals surface area contributed by atoms with Gasteiger partial charge >= 0.3 is 0 Å². The second kappa shape index (κ2) is 7.53. The first-order chi connectivity index (χ1) is 15.3. The number of nitrogens with zero attached hydrogens (tertiary/aromatic N) is 2. The number of aromatic nitrogens is 1. The third-order valence-electron chi connectivity index (χ3n) is 5.24. The number of halogens is 1. The molecular formula is C24H19ClN2O5. The van der Waals surface area contributed by atoms with Crippen LogP contribution in [0.4, 0.5) is 5.82 Å². The van der Waals surface area contributed by atoms with Crippen LogP contribution in [0.2, 0.25) is 5.02 Å². The second-order valence-electron chi connectivity index (χ2n) is 7.93. The highest BCUT2D eigenvalue weighted by molar-refractivity contribution is 6.31. The van der Waals surface area contributed by atoms with Crippen LogP contribution in [-0.4, -0.2) is 17.2 Å². The predicted molar refractivity (Wildman–Crippen MR) is 120 cm³/mol. The maximum absolute atomic E-state index is 13.6. The third kappa shape index (κ3) is 3.26. The Morgan fingerprint density at radius 3 is 2.66 bits per heavy atom. The highest BCUT2D eigenvalue weighted by Crippen LogP contribution is 2.41. The van der Waals surface area contributed by atoms with E-state index in [1.54, 1.807) is 31.2 Å². The number of rotatable bonds is 4. The molecule has 0 saturated carbocycles. The summed E-state index contributed by atoms with van der Waals surface area (Å²) in [6.45, 7) is 5.59. The van der Waals surface area contributed by atoms with E-state index in [9.17, 15) is 9.59 Å². The molecule has 2 aromatic heterocycles. The van der Waals surface area contributed by atoms with Crippen LogP contribution in [0.25, 0.3) is 11.0 Å². The summed E-state index contributed by atoms with van der Waals surface area (Å²) in [5.74, 6) is 0.965. The fraction of sp³-hybridized carbons (Fsp3) is 0.208. The number of hydrogen-bond donors (Lipinski definition) is 0. The number of benzene rings is 2. The second-order valence-corrected chi connectivity index (χ2v) is 8.36. The Bertz CT molecular complexity index is 1420. The van der Waals surface area contributed by atoms with Gasteiger partial charge in [-0.1, -0.05) is 28.9 Å². The largest absolute Gasteiger partial charge is 0.491 e. The minimum atomic E-state index is -0.766. The minimum absolute atomic E-state index is 0.0225. The van der Waals surface area contributed by atoms with Crippen LogP contribution in [0, 0.1) is 6.92 Å². The average Bonchev–Trinajstić information content (AvgIpc) is 3.29. The summed E-state index contributed by atoms with van der Waals surface area (Å²) in [4.78, 5) is 28.5. The third-order valence-corrected chi connectivity index (χ3v) is 5.48. The van der Waals surface area contributed by atoms with Gasteiger partial charge in [-0.25, -0.2) is 0 Å². The lowest BCUT2D eigenvalue weighted by Crippen LogP contribution is -2.29. The molecule has 0 N–H and O–H groups in total. The van der Waals surface area contributed by atoms with Gasteiger partial charge in [-0.05, 0) is 56.7 Å². The zero-order valence-corrected chi connectivity index (χ0v) is 18.3. The minimum Gasteiger partial charge on any atom is -0.491 e. The quantitative estimate of drug-likeness (QED) is 0.420. The molecule has 2 aromatic carbocycles. The number of fused-ring (bicyclic) bond motifs is 2.